The fourth-order valence-electron chi connectivity index (χ4n) is 1.86. The first-order chi connectivity index (χ1) is 10.3. The third kappa shape index (κ3) is 4.34. The van der Waals surface area contributed by atoms with Gasteiger partial charge in [0.2, 0.25) is 5.91 Å². The maximum atomic E-state index is 12.8. The van der Waals surface area contributed by atoms with Gasteiger partial charge in [0.25, 0.3) is 5.69 Å². The molecule has 0 unspecified atom stereocenters. The number of nitrogens with one attached hydrogen (secondary N) is 2. The van der Waals surface area contributed by atoms with Crippen molar-refractivity contribution in [2.75, 3.05) is 18.4 Å². The van der Waals surface area contributed by atoms with Gasteiger partial charge in [0.15, 0.2) is 0 Å². The number of rotatable bonds is 6. The second kappa shape index (κ2) is 6.20. The molecule has 1 aliphatic carbocycles. The Morgan fingerprint density at radius 1 is 1.36 bits per heavy atom. The molecule has 22 heavy (non-hydrogen) atoms. The predicted molar refractivity (Wildman–Crippen MR) is 72.3 cm³/mol. The van der Waals surface area contributed by atoms with E-state index in [4.69, 9.17) is 0 Å². The lowest BCUT2D eigenvalue weighted by atomic mass is 10.1. The van der Waals surface area contributed by atoms with Crippen molar-refractivity contribution in [2.24, 2.45) is 5.92 Å². The molecule has 2 rings (SSSR count). The van der Waals surface area contributed by atoms with E-state index in [0.29, 0.717) is 18.5 Å². The molecule has 0 heterocycles. The molecule has 0 aromatic heterocycles. The van der Waals surface area contributed by atoms with Crippen LogP contribution < -0.4 is 10.6 Å². The molecule has 0 spiro atoms. The van der Waals surface area contributed by atoms with Gasteiger partial charge in [-0.05, 0) is 30.9 Å². The first kappa shape index (κ1) is 16.1. The van der Waals surface area contributed by atoms with Crippen LogP contribution in [0.2, 0.25) is 0 Å². The first-order valence-electron chi connectivity index (χ1n) is 6.63. The molecule has 0 saturated heterocycles. The van der Waals surface area contributed by atoms with E-state index in [2.05, 4.69) is 10.6 Å². The standard InChI is InChI=1S/C13H14F3N3O3/c14-13(15,16)10-5-9(3-4-11(10)19(21)22)17-7-12(20)18-6-8-1-2-8/h3-5,8,17H,1-2,6-7H2,(H,18,20). The van der Waals surface area contributed by atoms with Crippen LogP contribution in [-0.4, -0.2) is 23.9 Å². The van der Waals surface area contributed by atoms with E-state index < -0.39 is 22.4 Å². The quantitative estimate of drug-likeness (QED) is 0.624. The highest BCUT2D eigenvalue weighted by molar-refractivity contribution is 5.80. The smallest absolute Gasteiger partial charge is 0.376 e. The fourth-order valence-corrected chi connectivity index (χ4v) is 1.86. The number of anilines is 1. The highest BCUT2D eigenvalue weighted by atomic mass is 19.4. The van der Waals surface area contributed by atoms with Crippen LogP contribution in [0, 0.1) is 16.0 Å². The van der Waals surface area contributed by atoms with E-state index in [-0.39, 0.29) is 18.1 Å². The second-order valence-electron chi connectivity index (χ2n) is 5.09. The highest BCUT2D eigenvalue weighted by Gasteiger charge is 2.38. The zero-order valence-electron chi connectivity index (χ0n) is 11.4. The number of hydrogen-bond donors (Lipinski definition) is 2. The average molecular weight is 317 g/mol. The fraction of sp³-hybridized carbons (Fsp3) is 0.462. The number of halogens is 3. The number of carbonyl (C=O) groups is 1. The van der Waals surface area contributed by atoms with Crippen LogP contribution >= 0.6 is 0 Å². The number of nitrogens with zero attached hydrogens (tertiary/aromatic N) is 1. The van der Waals surface area contributed by atoms with E-state index in [0.717, 1.165) is 25.0 Å². The minimum atomic E-state index is -4.84. The van der Waals surface area contributed by atoms with E-state index >= 15 is 0 Å². The largest absolute Gasteiger partial charge is 0.423 e. The summed E-state index contributed by atoms with van der Waals surface area (Å²) in [6.07, 6.45) is -2.69. The minimum absolute atomic E-state index is 0.000466. The van der Waals surface area contributed by atoms with Crippen LogP contribution in [0.1, 0.15) is 18.4 Å². The number of carbonyl (C=O) groups excluding carboxylic acids is 1. The van der Waals surface area contributed by atoms with Gasteiger partial charge in [-0.2, -0.15) is 13.2 Å². The summed E-state index contributed by atoms with van der Waals surface area (Å²) < 4.78 is 38.4. The first-order valence-corrected chi connectivity index (χ1v) is 6.63. The molecular formula is C13H14F3N3O3. The maximum absolute atomic E-state index is 12.8. The molecule has 1 aliphatic rings. The molecule has 0 radical (unpaired) electrons. The third-order valence-electron chi connectivity index (χ3n) is 3.24. The monoisotopic (exact) mass is 317 g/mol. The van der Waals surface area contributed by atoms with Crippen LogP contribution in [0.3, 0.4) is 0 Å². The minimum Gasteiger partial charge on any atom is -0.376 e. The molecule has 1 fully saturated rings. The Balaban J connectivity index is 2.01. The Kier molecular flexibility index (Phi) is 4.53. The molecule has 2 N–H and O–H groups in total. The van der Waals surface area contributed by atoms with E-state index in [1.807, 2.05) is 0 Å². The van der Waals surface area contributed by atoms with Gasteiger partial charge >= 0.3 is 6.18 Å². The Labute approximate surface area is 123 Å². The molecule has 9 heteroatoms. The van der Waals surface area contributed by atoms with Crippen LogP contribution in [0.15, 0.2) is 18.2 Å². The molecular weight excluding hydrogens is 303 g/mol. The summed E-state index contributed by atoms with van der Waals surface area (Å²) >= 11 is 0. The number of nitro groups is 1. The lowest BCUT2D eigenvalue weighted by Crippen LogP contribution is -2.31. The van der Waals surface area contributed by atoms with Crippen LogP contribution in [0.5, 0.6) is 0 Å². The van der Waals surface area contributed by atoms with Crippen molar-refractivity contribution in [3.8, 4) is 0 Å². The van der Waals surface area contributed by atoms with Gasteiger partial charge in [0.05, 0.1) is 11.5 Å². The number of benzene rings is 1. The molecule has 0 bridgehead atoms. The van der Waals surface area contributed by atoms with Crippen molar-refractivity contribution in [1.29, 1.82) is 0 Å². The van der Waals surface area contributed by atoms with Crippen LogP contribution in [0.4, 0.5) is 24.5 Å². The second-order valence-corrected chi connectivity index (χ2v) is 5.09. The number of amides is 1. The lowest BCUT2D eigenvalue weighted by molar-refractivity contribution is -0.388. The van der Waals surface area contributed by atoms with E-state index in [9.17, 15) is 28.1 Å². The molecule has 1 amide bonds. The van der Waals surface area contributed by atoms with Gasteiger partial charge in [-0.25, -0.2) is 0 Å². The summed E-state index contributed by atoms with van der Waals surface area (Å²) in [5.74, 6) is 0.166. The van der Waals surface area contributed by atoms with Crippen molar-refractivity contribution in [3.63, 3.8) is 0 Å². The molecule has 6 nitrogen and oxygen atoms in total. The zero-order valence-corrected chi connectivity index (χ0v) is 11.4. The summed E-state index contributed by atoms with van der Waals surface area (Å²) in [5, 5.41) is 15.8. The van der Waals surface area contributed by atoms with Crippen molar-refractivity contribution < 1.29 is 22.9 Å². The number of alkyl halides is 3. The number of hydrogen-bond acceptors (Lipinski definition) is 4. The van der Waals surface area contributed by atoms with Gasteiger partial charge in [0.1, 0.15) is 5.56 Å². The lowest BCUT2D eigenvalue weighted by Gasteiger charge is -2.11. The Bertz CT molecular complexity index is 586. The highest BCUT2D eigenvalue weighted by Crippen LogP contribution is 2.37. The average Bonchev–Trinajstić information content (AvgIpc) is 3.25. The van der Waals surface area contributed by atoms with Gasteiger partial charge < -0.3 is 10.6 Å². The molecule has 120 valence electrons. The van der Waals surface area contributed by atoms with Gasteiger partial charge in [-0.1, -0.05) is 0 Å². The van der Waals surface area contributed by atoms with Gasteiger partial charge in [-0.15, -0.1) is 0 Å². The molecule has 1 saturated carbocycles. The zero-order chi connectivity index (χ0) is 16.3. The van der Waals surface area contributed by atoms with Crippen LogP contribution in [0.25, 0.3) is 0 Å². The molecule has 0 aliphatic heterocycles. The summed E-state index contributed by atoms with van der Waals surface area (Å²) in [6, 6.07) is 2.54. The molecule has 0 atom stereocenters. The van der Waals surface area contributed by atoms with Crippen molar-refractivity contribution in [2.45, 2.75) is 19.0 Å². The summed E-state index contributed by atoms with van der Waals surface area (Å²) in [4.78, 5) is 21.0. The summed E-state index contributed by atoms with van der Waals surface area (Å²) in [7, 11) is 0. The van der Waals surface area contributed by atoms with Crippen molar-refractivity contribution in [3.05, 3.63) is 33.9 Å². The molecule has 1 aromatic rings. The predicted octanol–water partition coefficient (Wildman–Crippen LogP) is 2.55. The molecule has 1 aromatic carbocycles. The van der Waals surface area contributed by atoms with E-state index in [1.54, 1.807) is 0 Å². The Morgan fingerprint density at radius 2 is 2.05 bits per heavy atom. The summed E-state index contributed by atoms with van der Waals surface area (Å²) in [6.45, 7) is 0.371. The number of nitro benzene ring substituents is 1. The normalized spacial score (nSPS) is 14.5. The summed E-state index contributed by atoms with van der Waals surface area (Å²) in [5.41, 5.74) is -2.36. The Hall–Kier alpha value is -2.32. The topological polar surface area (TPSA) is 84.3 Å². The van der Waals surface area contributed by atoms with Gasteiger partial charge in [0, 0.05) is 18.3 Å². The van der Waals surface area contributed by atoms with Crippen molar-refractivity contribution in [1.82, 2.24) is 5.32 Å². The third-order valence-corrected chi connectivity index (χ3v) is 3.24. The van der Waals surface area contributed by atoms with Gasteiger partial charge in [-0.3, -0.25) is 14.9 Å². The maximum Gasteiger partial charge on any atom is 0.423 e. The SMILES string of the molecule is O=C(CNc1ccc([N+](=O)[O-])c(C(F)(F)F)c1)NCC1CC1. The van der Waals surface area contributed by atoms with Crippen molar-refractivity contribution >= 4 is 17.3 Å². The van der Waals surface area contributed by atoms with Crippen LogP contribution in [-0.2, 0) is 11.0 Å². The van der Waals surface area contributed by atoms with E-state index in [1.165, 1.54) is 0 Å². The Morgan fingerprint density at radius 3 is 2.59 bits per heavy atom.